The van der Waals surface area contributed by atoms with Crippen LogP contribution in [-0.2, 0) is 24.0 Å². The van der Waals surface area contributed by atoms with E-state index in [1.807, 2.05) is 6.07 Å². The molecule has 4 rings (SSSR count). The average molecular weight is 460 g/mol. The van der Waals surface area contributed by atoms with E-state index in [9.17, 15) is 23.1 Å². The monoisotopic (exact) mass is 460 g/mol. The Kier molecular flexibility index (Phi) is 5.76. The fraction of sp³-hybridized carbons (Fsp3) is 0.143. The second-order valence-electron chi connectivity index (χ2n) is 6.72. The molecule has 32 heavy (non-hydrogen) atoms. The van der Waals surface area contributed by atoms with Gasteiger partial charge in [0.25, 0.3) is 0 Å². The predicted octanol–water partition coefficient (Wildman–Crippen LogP) is 4.08. The van der Waals surface area contributed by atoms with Crippen LogP contribution >= 0.6 is 11.3 Å². The molecule has 11 heteroatoms. The van der Waals surface area contributed by atoms with Crippen LogP contribution < -0.4 is 10.5 Å². The van der Waals surface area contributed by atoms with Crippen LogP contribution in [0.2, 0.25) is 0 Å². The van der Waals surface area contributed by atoms with Crippen LogP contribution in [0.5, 0.6) is 11.6 Å². The number of carbonyl (C=O) groups is 1. The Morgan fingerprint density at radius 2 is 1.97 bits per heavy atom. The highest BCUT2D eigenvalue weighted by Gasteiger charge is 2.31. The van der Waals surface area contributed by atoms with Gasteiger partial charge in [-0.15, -0.1) is 11.3 Å². The number of carbonyl (C=O) groups excluding carboxylic acids is 1. The van der Waals surface area contributed by atoms with Gasteiger partial charge in [-0.2, -0.15) is 13.2 Å². The SMILES string of the molecule is NC(=O)Cc1nc2c(Oc3cc(-c4ccc(C(F)(F)F)cc4CO)ncn3)cccc2s1. The van der Waals surface area contributed by atoms with Gasteiger partial charge in [0.05, 0.1) is 29.0 Å². The molecule has 0 saturated heterocycles. The summed E-state index contributed by atoms with van der Waals surface area (Å²) in [5.74, 6) is 0.0212. The molecule has 0 radical (unpaired) electrons. The van der Waals surface area contributed by atoms with Crippen LogP contribution in [0, 0.1) is 0 Å². The van der Waals surface area contributed by atoms with Gasteiger partial charge in [0.1, 0.15) is 16.9 Å². The molecule has 0 bridgehead atoms. The van der Waals surface area contributed by atoms with Crippen molar-refractivity contribution >= 4 is 27.5 Å². The molecule has 1 amide bonds. The lowest BCUT2D eigenvalue weighted by Gasteiger charge is -2.12. The predicted molar refractivity (Wildman–Crippen MR) is 111 cm³/mol. The number of nitrogens with zero attached hydrogens (tertiary/aromatic N) is 3. The van der Waals surface area contributed by atoms with E-state index in [4.69, 9.17) is 10.5 Å². The summed E-state index contributed by atoms with van der Waals surface area (Å²) < 4.78 is 45.6. The number of thiazole rings is 1. The second kappa shape index (κ2) is 8.52. The summed E-state index contributed by atoms with van der Waals surface area (Å²) in [4.78, 5) is 23.7. The molecule has 0 aliphatic carbocycles. The Labute approximate surface area is 183 Å². The van der Waals surface area contributed by atoms with E-state index >= 15 is 0 Å². The van der Waals surface area contributed by atoms with Gasteiger partial charge in [0, 0.05) is 11.6 Å². The Balaban J connectivity index is 1.68. The van der Waals surface area contributed by atoms with Crippen LogP contribution in [-0.4, -0.2) is 26.0 Å². The van der Waals surface area contributed by atoms with E-state index < -0.39 is 24.3 Å². The number of aliphatic hydroxyl groups excluding tert-OH is 1. The Morgan fingerprint density at radius 3 is 2.69 bits per heavy atom. The fourth-order valence-corrected chi connectivity index (χ4v) is 4.08. The number of rotatable bonds is 6. The maximum absolute atomic E-state index is 13.0. The molecular formula is C21H15F3N4O3S. The number of aliphatic hydroxyl groups is 1. The minimum atomic E-state index is -4.53. The standard InChI is InChI=1S/C21H15F3N4O3S/c22-21(23,24)12-4-5-13(11(6-12)9-29)14-7-18(27-10-26-14)31-15-2-1-3-16-20(15)28-19(32-16)8-17(25)30/h1-7,10,29H,8-9H2,(H2,25,30). The summed E-state index contributed by atoms with van der Waals surface area (Å²) >= 11 is 1.31. The van der Waals surface area contributed by atoms with E-state index in [0.29, 0.717) is 21.8 Å². The van der Waals surface area contributed by atoms with Gasteiger partial charge in [0.2, 0.25) is 11.8 Å². The Morgan fingerprint density at radius 1 is 1.16 bits per heavy atom. The molecular weight excluding hydrogens is 445 g/mol. The van der Waals surface area contributed by atoms with Gasteiger partial charge >= 0.3 is 6.18 Å². The van der Waals surface area contributed by atoms with E-state index in [2.05, 4.69) is 15.0 Å². The highest BCUT2D eigenvalue weighted by Crippen LogP contribution is 2.35. The first kappa shape index (κ1) is 21.7. The summed E-state index contributed by atoms with van der Waals surface area (Å²) in [7, 11) is 0. The van der Waals surface area contributed by atoms with Gasteiger partial charge in [-0.3, -0.25) is 4.79 Å². The van der Waals surface area contributed by atoms with Crippen molar-refractivity contribution in [3.63, 3.8) is 0 Å². The van der Waals surface area contributed by atoms with Crippen LogP contribution in [0.3, 0.4) is 0 Å². The van der Waals surface area contributed by atoms with Gasteiger partial charge in [-0.25, -0.2) is 15.0 Å². The number of aromatic nitrogens is 3. The highest BCUT2D eigenvalue weighted by molar-refractivity contribution is 7.18. The van der Waals surface area contributed by atoms with E-state index in [1.54, 1.807) is 12.1 Å². The van der Waals surface area contributed by atoms with E-state index in [1.165, 1.54) is 29.8 Å². The maximum atomic E-state index is 13.0. The van der Waals surface area contributed by atoms with E-state index in [0.717, 1.165) is 16.8 Å². The molecule has 0 atom stereocenters. The normalized spacial score (nSPS) is 11.6. The van der Waals surface area contributed by atoms with Crippen LogP contribution in [0.1, 0.15) is 16.1 Å². The smallest absolute Gasteiger partial charge is 0.416 e. The molecule has 3 N–H and O–H groups in total. The first-order chi connectivity index (χ1) is 15.2. The van der Waals surface area contributed by atoms with Crippen molar-refractivity contribution < 1.29 is 27.8 Å². The molecule has 2 aromatic carbocycles. The average Bonchev–Trinajstić information content (AvgIpc) is 3.15. The topological polar surface area (TPSA) is 111 Å². The zero-order valence-corrected chi connectivity index (χ0v) is 17.1. The number of fused-ring (bicyclic) bond motifs is 1. The summed E-state index contributed by atoms with van der Waals surface area (Å²) in [5.41, 5.74) is 5.58. The molecule has 2 aromatic heterocycles. The molecule has 0 unspecified atom stereocenters. The van der Waals surface area contributed by atoms with Crippen LogP contribution in [0.15, 0.2) is 48.8 Å². The first-order valence-electron chi connectivity index (χ1n) is 9.22. The van der Waals surface area contributed by atoms with Crippen molar-refractivity contribution in [1.82, 2.24) is 15.0 Å². The van der Waals surface area contributed by atoms with Crippen molar-refractivity contribution in [2.75, 3.05) is 0 Å². The van der Waals surface area contributed by atoms with Gasteiger partial charge in [-0.05, 0) is 29.8 Å². The summed E-state index contributed by atoms with van der Waals surface area (Å²) in [5, 5.41) is 10.1. The molecule has 0 aliphatic heterocycles. The summed E-state index contributed by atoms with van der Waals surface area (Å²) in [6.45, 7) is -0.597. The van der Waals surface area contributed by atoms with Crippen molar-refractivity contribution in [3.8, 4) is 22.9 Å². The lowest BCUT2D eigenvalue weighted by atomic mass is 10.0. The zero-order chi connectivity index (χ0) is 22.9. The number of ether oxygens (including phenoxy) is 1. The molecule has 2 heterocycles. The number of hydrogen-bond donors (Lipinski definition) is 2. The third-order valence-electron chi connectivity index (χ3n) is 4.49. The lowest BCUT2D eigenvalue weighted by molar-refractivity contribution is -0.137. The van der Waals surface area contributed by atoms with Crippen molar-refractivity contribution in [2.24, 2.45) is 5.73 Å². The van der Waals surface area contributed by atoms with Crippen molar-refractivity contribution in [1.29, 1.82) is 0 Å². The number of amides is 1. The molecule has 164 valence electrons. The number of hydrogen-bond acceptors (Lipinski definition) is 7. The molecule has 0 saturated carbocycles. The number of alkyl halides is 3. The number of primary amides is 1. The highest BCUT2D eigenvalue weighted by atomic mass is 32.1. The zero-order valence-electron chi connectivity index (χ0n) is 16.3. The third-order valence-corrected chi connectivity index (χ3v) is 5.51. The molecule has 0 fully saturated rings. The third kappa shape index (κ3) is 4.53. The summed E-state index contributed by atoms with van der Waals surface area (Å²) in [6, 6.07) is 9.77. The fourth-order valence-electron chi connectivity index (χ4n) is 3.08. The lowest BCUT2D eigenvalue weighted by Crippen LogP contribution is -2.13. The van der Waals surface area contributed by atoms with Gasteiger partial charge in [0.15, 0.2) is 5.75 Å². The number of nitrogens with two attached hydrogens (primary N) is 1. The van der Waals surface area contributed by atoms with Gasteiger partial charge < -0.3 is 15.6 Å². The Bertz CT molecular complexity index is 1310. The number of benzene rings is 2. The molecule has 4 aromatic rings. The largest absolute Gasteiger partial charge is 0.437 e. The summed E-state index contributed by atoms with van der Waals surface area (Å²) in [6.07, 6.45) is -3.31. The maximum Gasteiger partial charge on any atom is 0.416 e. The molecule has 7 nitrogen and oxygen atoms in total. The van der Waals surface area contributed by atoms with Crippen LogP contribution in [0.25, 0.3) is 21.5 Å². The number of para-hydroxylation sites is 1. The number of halogens is 3. The minimum Gasteiger partial charge on any atom is -0.437 e. The quantitative estimate of drug-likeness (QED) is 0.449. The van der Waals surface area contributed by atoms with Crippen molar-refractivity contribution in [2.45, 2.75) is 19.2 Å². The van der Waals surface area contributed by atoms with E-state index in [-0.39, 0.29) is 23.6 Å². The van der Waals surface area contributed by atoms with Crippen LogP contribution in [0.4, 0.5) is 13.2 Å². The van der Waals surface area contributed by atoms with Gasteiger partial charge in [-0.1, -0.05) is 12.1 Å². The van der Waals surface area contributed by atoms with Crippen molar-refractivity contribution in [3.05, 3.63) is 64.9 Å². The molecule has 0 aliphatic rings. The Hall–Kier alpha value is -3.57. The second-order valence-corrected chi connectivity index (χ2v) is 7.84. The molecule has 0 spiro atoms. The first-order valence-corrected chi connectivity index (χ1v) is 10.0. The minimum absolute atomic E-state index is 0.00823.